The first-order valence-electron chi connectivity index (χ1n) is 5.24. The lowest BCUT2D eigenvalue weighted by Gasteiger charge is -2.08. The lowest BCUT2D eigenvalue weighted by molar-refractivity contribution is 0.449. The second-order valence-corrected chi connectivity index (χ2v) is 3.80. The first-order chi connectivity index (χ1) is 5.86. The number of hydrogen-bond donors (Lipinski definition) is 1. The Morgan fingerprint density at radius 1 is 1.42 bits per heavy atom. The number of allylic oxidation sites excluding steroid dienone is 1. The summed E-state index contributed by atoms with van der Waals surface area (Å²) in [7, 11) is 0. The van der Waals surface area contributed by atoms with Crippen molar-refractivity contribution in [1.29, 1.82) is 0 Å². The Morgan fingerprint density at radius 2 is 2.25 bits per heavy atom. The second-order valence-electron chi connectivity index (χ2n) is 3.80. The molecule has 1 heteroatoms. The van der Waals surface area contributed by atoms with Crippen molar-refractivity contribution in [2.75, 3.05) is 6.54 Å². The van der Waals surface area contributed by atoms with Gasteiger partial charge in [-0.2, -0.15) is 0 Å². The Hall–Kier alpha value is -0.300. The average molecular weight is 167 g/mol. The molecular formula is C11H21N. The second kappa shape index (κ2) is 5.36. The summed E-state index contributed by atoms with van der Waals surface area (Å²) in [5.74, 6) is 0.980. The average Bonchev–Trinajstić information content (AvgIpc) is 2.31. The van der Waals surface area contributed by atoms with Crippen LogP contribution >= 0.6 is 0 Å². The van der Waals surface area contributed by atoms with Gasteiger partial charge in [-0.3, -0.25) is 0 Å². The summed E-state index contributed by atoms with van der Waals surface area (Å²) in [4.78, 5) is 0. The highest BCUT2D eigenvalue weighted by atomic mass is 14.5. The minimum Gasteiger partial charge on any atom is -0.327 e. The molecule has 1 aliphatic rings. The van der Waals surface area contributed by atoms with Crippen molar-refractivity contribution in [1.82, 2.24) is 0 Å². The fraction of sp³-hybridized carbons (Fsp3) is 0.818. The van der Waals surface area contributed by atoms with Crippen molar-refractivity contribution in [2.45, 2.75) is 45.4 Å². The van der Waals surface area contributed by atoms with Gasteiger partial charge >= 0.3 is 0 Å². The zero-order valence-corrected chi connectivity index (χ0v) is 8.18. The van der Waals surface area contributed by atoms with Crippen molar-refractivity contribution in [2.24, 2.45) is 11.7 Å². The van der Waals surface area contributed by atoms with E-state index >= 15 is 0 Å². The van der Waals surface area contributed by atoms with Crippen molar-refractivity contribution in [3.8, 4) is 0 Å². The van der Waals surface area contributed by atoms with E-state index in [-0.39, 0.29) is 0 Å². The molecule has 0 amide bonds. The zero-order valence-electron chi connectivity index (χ0n) is 8.18. The van der Waals surface area contributed by atoms with Gasteiger partial charge in [0.15, 0.2) is 0 Å². The molecule has 0 aromatic rings. The first kappa shape index (κ1) is 9.79. The monoisotopic (exact) mass is 167 g/mol. The molecule has 0 heterocycles. The van der Waals surface area contributed by atoms with E-state index in [1.165, 1.54) is 38.5 Å². The van der Waals surface area contributed by atoms with Crippen LogP contribution in [-0.4, -0.2) is 6.54 Å². The molecule has 1 nitrogen and oxygen atoms in total. The van der Waals surface area contributed by atoms with E-state index in [2.05, 4.69) is 13.0 Å². The highest BCUT2D eigenvalue weighted by molar-refractivity contribution is 5.04. The van der Waals surface area contributed by atoms with E-state index < -0.39 is 0 Å². The number of nitrogens with two attached hydrogens (primary N) is 1. The molecule has 0 radical (unpaired) electrons. The Labute approximate surface area is 76.0 Å². The third-order valence-corrected chi connectivity index (χ3v) is 2.97. The molecule has 1 rings (SSSR count). The number of rotatable bonds is 2. The highest BCUT2D eigenvalue weighted by Gasteiger charge is 2.11. The topological polar surface area (TPSA) is 26.0 Å². The lowest BCUT2D eigenvalue weighted by atomic mass is 9.98. The molecule has 0 aromatic heterocycles. The Balaban J connectivity index is 2.39. The standard InChI is InChI=1S/C11H21N/c1-2-10-4-3-5-11(7-6-10)8-9-12/h8,10H,2-7,9,12H2,1H3. The summed E-state index contributed by atoms with van der Waals surface area (Å²) in [6.45, 7) is 3.04. The summed E-state index contributed by atoms with van der Waals surface area (Å²) in [5, 5.41) is 0. The van der Waals surface area contributed by atoms with Crippen LogP contribution in [0.5, 0.6) is 0 Å². The minimum absolute atomic E-state index is 0.728. The molecular weight excluding hydrogens is 146 g/mol. The Kier molecular flexibility index (Phi) is 4.37. The molecule has 1 aliphatic carbocycles. The first-order valence-corrected chi connectivity index (χ1v) is 5.24. The van der Waals surface area contributed by atoms with Crippen molar-refractivity contribution >= 4 is 0 Å². The maximum atomic E-state index is 5.50. The fourth-order valence-corrected chi connectivity index (χ4v) is 2.06. The van der Waals surface area contributed by atoms with Gasteiger partial charge in [-0.15, -0.1) is 0 Å². The van der Waals surface area contributed by atoms with Crippen LogP contribution in [0, 0.1) is 5.92 Å². The molecule has 0 aliphatic heterocycles. The van der Waals surface area contributed by atoms with E-state index in [0.29, 0.717) is 0 Å². The molecule has 1 fully saturated rings. The van der Waals surface area contributed by atoms with Crippen LogP contribution in [0.3, 0.4) is 0 Å². The van der Waals surface area contributed by atoms with Crippen LogP contribution < -0.4 is 5.73 Å². The van der Waals surface area contributed by atoms with E-state index in [1.807, 2.05) is 0 Å². The lowest BCUT2D eigenvalue weighted by Crippen LogP contribution is -1.96. The van der Waals surface area contributed by atoms with Crippen molar-refractivity contribution in [3.05, 3.63) is 11.6 Å². The highest BCUT2D eigenvalue weighted by Crippen LogP contribution is 2.28. The van der Waals surface area contributed by atoms with Gasteiger partial charge in [0.05, 0.1) is 0 Å². The van der Waals surface area contributed by atoms with Gasteiger partial charge in [-0.05, 0) is 31.6 Å². The van der Waals surface area contributed by atoms with Gasteiger partial charge in [-0.25, -0.2) is 0 Å². The van der Waals surface area contributed by atoms with Crippen LogP contribution in [0.4, 0.5) is 0 Å². The Bertz CT molecular complexity index is 149. The maximum Gasteiger partial charge on any atom is 0.0109 e. The van der Waals surface area contributed by atoms with E-state index in [9.17, 15) is 0 Å². The van der Waals surface area contributed by atoms with Crippen LogP contribution in [0.15, 0.2) is 11.6 Å². The summed E-state index contributed by atoms with van der Waals surface area (Å²) in [5.41, 5.74) is 7.11. The quantitative estimate of drug-likeness (QED) is 0.496. The molecule has 70 valence electrons. The summed E-state index contributed by atoms with van der Waals surface area (Å²) in [6, 6.07) is 0. The van der Waals surface area contributed by atoms with E-state index in [4.69, 9.17) is 5.73 Å². The zero-order chi connectivity index (χ0) is 8.81. The molecule has 1 atom stereocenters. The van der Waals surface area contributed by atoms with Crippen molar-refractivity contribution in [3.63, 3.8) is 0 Å². The largest absolute Gasteiger partial charge is 0.327 e. The summed E-state index contributed by atoms with van der Waals surface area (Å²) in [6.07, 6.45) is 10.4. The summed E-state index contributed by atoms with van der Waals surface area (Å²) >= 11 is 0. The molecule has 1 saturated carbocycles. The minimum atomic E-state index is 0.728. The smallest absolute Gasteiger partial charge is 0.0109 e. The predicted molar refractivity (Wildman–Crippen MR) is 54.0 cm³/mol. The Morgan fingerprint density at radius 3 is 2.92 bits per heavy atom. The molecule has 0 saturated heterocycles. The van der Waals surface area contributed by atoms with Gasteiger partial charge in [0.25, 0.3) is 0 Å². The molecule has 1 unspecified atom stereocenters. The molecule has 0 bridgehead atoms. The SMILES string of the molecule is CCC1CCCC(=CCN)CC1. The van der Waals surface area contributed by atoms with Gasteiger partial charge < -0.3 is 5.73 Å². The van der Waals surface area contributed by atoms with E-state index in [1.54, 1.807) is 5.57 Å². The van der Waals surface area contributed by atoms with Crippen LogP contribution in [0.25, 0.3) is 0 Å². The normalized spacial score (nSPS) is 28.8. The van der Waals surface area contributed by atoms with E-state index in [0.717, 1.165) is 12.5 Å². The molecule has 2 N–H and O–H groups in total. The summed E-state index contributed by atoms with van der Waals surface area (Å²) < 4.78 is 0. The predicted octanol–water partition coefficient (Wildman–Crippen LogP) is 2.86. The van der Waals surface area contributed by atoms with Gasteiger partial charge in [0.2, 0.25) is 0 Å². The number of hydrogen-bond acceptors (Lipinski definition) is 1. The molecule has 0 spiro atoms. The molecule has 0 aromatic carbocycles. The van der Waals surface area contributed by atoms with Crippen LogP contribution in [0.2, 0.25) is 0 Å². The molecule has 12 heavy (non-hydrogen) atoms. The third kappa shape index (κ3) is 2.98. The van der Waals surface area contributed by atoms with Crippen molar-refractivity contribution < 1.29 is 0 Å². The fourth-order valence-electron chi connectivity index (χ4n) is 2.06. The van der Waals surface area contributed by atoms with Crippen LogP contribution in [0.1, 0.15) is 45.4 Å². The van der Waals surface area contributed by atoms with Crippen LogP contribution in [-0.2, 0) is 0 Å². The van der Waals surface area contributed by atoms with Gasteiger partial charge in [0, 0.05) is 6.54 Å². The van der Waals surface area contributed by atoms with Gasteiger partial charge in [-0.1, -0.05) is 31.4 Å². The van der Waals surface area contributed by atoms with Gasteiger partial charge in [0.1, 0.15) is 0 Å². The third-order valence-electron chi connectivity index (χ3n) is 2.97. The maximum absolute atomic E-state index is 5.50.